The highest BCUT2D eigenvalue weighted by Crippen LogP contribution is 2.20. The number of hydrogen-bond donors (Lipinski definition) is 1. The van der Waals surface area contributed by atoms with E-state index in [1.807, 2.05) is 6.92 Å². The number of methoxy groups -OCH3 is 1. The van der Waals surface area contributed by atoms with Gasteiger partial charge in [-0.2, -0.15) is 0 Å². The molecular formula is C13H16FNO3. The molecule has 1 fully saturated rings. The maximum Gasteiger partial charge on any atom is 0.254 e. The highest BCUT2D eigenvalue weighted by Gasteiger charge is 2.32. The first kappa shape index (κ1) is 12.8. The first-order chi connectivity index (χ1) is 8.54. The number of carbonyl (C=O) groups is 1. The van der Waals surface area contributed by atoms with Crippen molar-refractivity contribution in [3.05, 3.63) is 29.6 Å². The van der Waals surface area contributed by atoms with E-state index in [-0.39, 0.29) is 5.56 Å². The summed E-state index contributed by atoms with van der Waals surface area (Å²) >= 11 is 0. The molecule has 98 valence electrons. The van der Waals surface area contributed by atoms with Gasteiger partial charge in [0.2, 0.25) is 0 Å². The molecule has 1 unspecified atom stereocenters. The van der Waals surface area contributed by atoms with Crippen molar-refractivity contribution in [2.75, 3.05) is 20.3 Å². The van der Waals surface area contributed by atoms with Crippen LogP contribution in [0.1, 0.15) is 23.7 Å². The smallest absolute Gasteiger partial charge is 0.254 e. The highest BCUT2D eigenvalue weighted by molar-refractivity contribution is 5.95. The minimum absolute atomic E-state index is 0.0175. The Labute approximate surface area is 105 Å². The van der Waals surface area contributed by atoms with E-state index >= 15 is 0 Å². The van der Waals surface area contributed by atoms with Crippen molar-refractivity contribution in [3.8, 4) is 5.75 Å². The zero-order chi connectivity index (χ0) is 13.2. The van der Waals surface area contributed by atoms with Crippen LogP contribution in [-0.2, 0) is 4.74 Å². The number of hydrogen-bond acceptors (Lipinski definition) is 3. The monoisotopic (exact) mass is 253 g/mol. The number of nitrogens with one attached hydrogen (secondary N) is 1. The van der Waals surface area contributed by atoms with E-state index in [1.54, 1.807) is 6.07 Å². The lowest BCUT2D eigenvalue weighted by atomic mass is 10.0. The van der Waals surface area contributed by atoms with Crippen molar-refractivity contribution in [1.82, 2.24) is 5.32 Å². The quantitative estimate of drug-likeness (QED) is 0.892. The van der Waals surface area contributed by atoms with Gasteiger partial charge in [-0.25, -0.2) is 4.39 Å². The summed E-state index contributed by atoms with van der Waals surface area (Å²) in [6.45, 7) is 2.96. The standard InChI is InChI=1S/C13H16FNO3/c1-13(5-6-18-8-13)15-12(16)10-4-3-9(17-2)7-11(10)14/h3-4,7H,5-6,8H2,1-2H3,(H,15,16). The van der Waals surface area contributed by atoms with Crippen molar-refractivity contribution in [2.45, 2.75) is 18.9 Å². The molecule has 1 aromatic rings. The molecule has 0 saturated carbocycles. The van der Waals surface area contributed by atoms with Crippen molar-refractivity contribution in [3.63, 3.8) is 0 Å². The van der Waals surface area contributed by atoms with E-state index in [2.05, 4.69) is 5.32 Å². The molecule has 2 rings (SSSR count). The summed E-state index contributed by atoms with van der Waals surface area (Å²) in [6, 6.07) is 4.18. The zero-order valence-corrected chi connectivity index (χ0v) is 10.5. The van der Waals surface area contributed by atoms with E-state index in [1.165, 1.54) is 19.2 Å². The van der Waals surface area contributed by atoms with Gasteiger partial charge in [0.15, 0.2) is 0 Å². The second-order valence-corrected chi connectivity index (χ2v) is 4.66. The molecule has 1 aliphatic heterocycles. The van der Waals surface area contributed by atoms with Gasteiger partial charge in [-0.15, -0.1) is 0 Å². The second-order valence-electron chi connectivity index (χ2n) is 4.66. The minimum Gasteiger partial charge on any atom is -0.497 e. The molecular weight excluding hydrogens is 237 g/mol. The molecule has 0 aliphatic carbocycles. The summed E-state index contributed by atoms with van der Waals surface area (Å²) in [5.41, 5.74) is -0.396. The molecule has 0 radical (unpaired) electrons. The van der Waals surface area contributed by atoms with Crippen LogP contribution >= 0.6 is 0 Å². The van der Waals surface area contributed by atoms with E-state index in [0.717, 1.165) is 6.42 Å². The van der Waals surface area contributed by atoms with Crippen molar-refractivity contribution >= 4 is 5.91 Å². The predicted molar refractivity (Wildman–Crippen MR) is 64.3 cm³/mol. The maximum absolute atomic E-state index is 13.7. The van der Waals surface area contributed by atoms with Gasteiger partial charge in [-0.1, -0.05) is 0 Å². The van der Waals surface area contributed by atoms with Gasteiger partial charge in [-0.05, 0) is 25.5 Å². The van der Waals surface area contributed by atoms with Gasteiger partial charge in [0.25, 0.3) is 5.91 Å². The average Bonchev–Trinajstić information content (AvgIpc) is 2.75. The topological polar surface area (TPSA) is 47.6 Å². The van der Waals surface area contributed by atoms with E-state index < -0.39 is 17.3 Å². The number of carbonyl (C=O) groups excluding carboxylic acids is 1. The van der Waals surface area contributed by atoms with Crippen LogP contribution < -0.4 is 10.1 Å². The Hall–Kier alpha value is -1.62. The van der Waals surface area contributed by atoms with Crippen LogP contribution in [0.2, 0.25) is 0 Å². The molecule has 1 heterocycles. The molecule has 1 aliphatic rings. The predicted octanol–water partition coefficient (Wildman–Crippen LogP) is 1.74. The summed E-state index contributed by atoms with van der Waals surface area (Å²) in [7, 11) is 1.45. The largest absolute Gasteiger partial charge is 0.497 e. The molecule has 4 nitrogen and oxygen atoms in total. The van der Waals surface area contributed by atoms with Crippen LogP contribution in [0.4, 0.5) is 4.39 Å². The first-order valence-corrected chi connectivity index (χ1v) is 5.78. The first-order valence-electron chi connectivity index (χ1n) is 5.78. The molecule has 1 saturated heterocycles. The lowest BCUT2D eigenvalue weighted by Crippen LogP contribution is -2.46. The van der Waals surface area contributed by atoms with Crippen LogP contribution in [0, 0.1) is 5.82 Å². The summed E-state index contributed by atoms with van der Waals surface area (Å²) in [5, 5.41) is 2.81. The third kappa shape index (κ3) is 2.61. The van der Waals surface area contributed by atoms with E-state index in [9.17, 15) is 9.18 Å². The summed E-state index contributed by atoms with van der Waals surface area (Å²) in [4.78, 5) is 12.0. The summed E-state index contributed by atoms with van der Waals surface area (Å²) in [5.74, 6) is -0.628. The molecule has 1 atom stereocenters. The molecule has 18 heavy (non-hydrogen) atoms. The number of amides is 1. The molecule has 5 heteroatoms. The van der Waals surface area contributed by atoms with Crippen LogP contribution in [-0.4, -0.2) is 31.8 Å². The van der Waals surface area contributed by atoms with Crippen LogP contribution in [0.3, 0.4) is 0 Å². The van der Waals surface area contributed by atoms with Crippen LogP contribution in [0.15, 0.2) is 18.2 Å². The summed E-state index contributed by atoms with van der Waals surface area (Å²) in [6.07, 6.45) is 0.733. The van der Waals surface area contributed by atoms with Gasteiger partial charge < -0.3 is 14.8 Å². The lowest BCUT2D eigenvalue weighted by Gasteiger charge is -2.23. The number of rotatable bonds is 3. The van der Waals surface area contributed by atoms with Crippen molar-refractivity contribution in [1.29, 1.82) is 0 Å². The molecule has 0 bridgehead atoms. The Morgan fingerprint density at radius 2 is 2.33 bits per heavy atom. The zero-order valence-electron chi connectivity index (χ0n) is 10.5. The van der Waals surface area contributed by atoms with E-state index in [0.29, 0.717) is 19.0 Å². The van der Waals surface area contributed by atoms with Gasteiger partial charge in [-0.3, -0.25) is 4.79 Å². The van der Waals surface area contributed by atoms with Crippen molar-refractivity contribution < 1.29 is 18.7 Å². The molecule has 1 N–H and O–H groups in total. The molecule has 0 spiro atoms. The fraction of sp³-hybridized carbons (Fsp3) is 0.462. The molecule has 0 aromatic heterocycles. The fourth-order valence-electron chi connectivity index (χ4n) is 1.91. The minimum atomic E-state index is -0.589. The fourth-order valence-corrected chi connectivity index (χ4v) is 1.91. The second kappa shape index (κ2) is 4.94. The Morgan fingerprint density at radius 1 is 1.56 bits per heavy atom. The van der Waals surface area contributed by atoms with E-state index in [4.69, 9.17) is 9.47 Å². The van der Waals surface area contributed by atoms with Crippen molar-refractivity contribution in [2.24, 2.45) is 0 Å². The lowest BCUT2D eigenvalue weighted by molar-refractivity contribution is 0.0885. The normalized spacial score (nSPS) is 22.8. The Bertz CT molecular complexity index is 456. The Balaban J connectivity index is 2.13. The number of benzene rings is 1. The summed E-state index contributed by atoms with van der Waals surface area (Å²) < 4.78 is 23.8. The van der Waals surface area contributed by atoms with Gasteiger partial charge in [0.05, 0.1) is 24.8 Å². The van der Waals surface area contributed by atoms with Gasteiger partial charge in [0, 0.05) is 12.7 Å². The third-order valence-corrected chi connectivity index (χ3v) is 3.05. The Morgan fingerprint density at radius 3 is 2.89 bits per heavy atom. The molecule has 1 amide bonds. The number of ether oxygens (including phenoxy) is 2. The SMILES string of the molecule is COc1ccc(C(=O)NC2(C)CCOC2)c(F)c1. The van der Waals surface area contributed by atoms with Gasteiger partial charge >= 0.3 is 0 Å². The number of halogens is 1. The average molecular weight is 253 g/mol. The Kier molecular flexibility index (Phi) is 3.52. The maximum atomic E-state index is 13.7. The van der Waals surface area contributed by atoms with Crippen LogP contribution in [0.25, 0.3) is 0 Å². The highest BCUT2D eigenvalue weighted by atomic mass is 19.1. The van der Waals surface area contributed by atoms with Gasteiger partial charge in [0.1, 0.15) is 11.6 Å². The molecule has 1 aromatic carbocycles. The third-order valence-electron chi connectivity index (χ3n) is 3.05. The van der Waals surface area contributed by atoms with Crippen LogP contribution in [0.5, 0.6) is 5.75 Å².